The van der Waals surface area contributed by atoms with Crippen LogP contribution in [0.5, 0.6) is 0 Å². The molecule has 2 nitrogen and oxygen atoms in total. The van der Waals surface area contributed by atoms with Crippen molar-refractivity contribution < 1.29 is 9.90 Å². The molecular weight excluding hydrogens is 176 g/mol. The molecule has 1 rings (SSSR count). The standard InChI is InChI=1S/C9H9ClO2/c1-6-3-2-4-7(5-6)8(10)9(11)12/h2-5,8H,1H3,(H,11,12). The fourth-order valence-corrected chi connectivity index (χ4v) is 1.11. The van der Waals surface area contributed by atoms with Gasteiger partial charge in [0, 0.05) is 0 Å². The quantitative estimate of drug-likeness (QED) is 0.717. The lowest BCUT2D eigenvalue weighted by molar-refractivity contribution is -0.136. The molecule has 3 heteroatoms. The van der Waals surface area contributed by atoms with Crippen LogP contribution < -0.4 is 0 Å². The summed E-state index contributed by atoms with van der Waals surface area (Å²) in [5.41, 5.74) is 1.64. The lowest BCUT2D eigenvalue weighted by Gasteiger charge is -2.04. The van der Waals surface area contributed by atoms with E-state index in [2.05, 4.69) is 0 Å². The second-order valence-corrected chi connectivity index (χ2v) is 3.05. The first-order valence-corrected chi connectivity index (χ1v) is 3.98. The van der Waals surface area contributed by atoms with E-state index < -0.39 is 11.3 Å². The summed E-state index contributed by atoms with van der Waals surface area (Å²) >= 11 is 5.61. The van der Waals surface area contributed by atoms with E-state index in [-0.39, 0.29) is 0 Å². The zero-order chi connectivity index (χ0) is 9.14. The predicted octanol–water partition coefficient (Wildman–Crippen LogP) is 2.36. The minimum atomic E-state index is -1.01. The Hall–Kier alpha value is -1.02. The Kier molecular flexibility index (Phi) is 2.71. The Balaban J connectivity index is 2.95. The molecule has 0 radical (unpaired) electrons. The zero-order valence-corrected chi connectivity index (χ0v) is 7.38. The van der Waals surface area contributed by atoms with Gasteiger partial charge < -0.3 is 5.11 Å². The predicted molar refractivity (Wildman–Crippen MR) is 47.4 cm³/mol. The van der Waals surface area contributed by atoms with E-state index >= 15 is 0 Å². The number of benzene rings is 1. The summed E-state index contributed by atoms with van der Waals surface area (Å²) in [7, 11) is 0. The Morgan fingerprint density at radius 1 is 1.58 bits per heavy atom. The molecule has 1 atom stereocenters. The largest absolute Gasteiger partial charge is 0.480 e. The normalized spacial score (nSPS) is 12.5. The molecule has 0 spiro atoms. The minimum absolute atomic E-state index is 0.629. The van der Waals surface area contributed by atoms with Gasteiger partial charge >= 0.3 is 5.97 Å². The highest BCUT2D eigenvalue weighted by atomic mass is 35.5. The highest BCUT2D eigenvalue weighted by molar-refractivity contribution is 6.29. The van der Waals surface area contributed by atoms with Crippen molar-refractivity contribution in [3.05, 3.63) is 35.4 Å². The van der Waals surface area contributed by atoms with Gasteiger partial charge in [-0.15, -0.1) is 11.6 Å². The second-order valence-electron chi connectivity index (χ2n) is 2.61. The number of carboxylic acids is 1. The average Bonchev–Trinajstić information content (AvgIpc) is 2.03. The van der Waals surface area contributed by atoms with E-state index in [1.807, 2.05) is 13.0 Å². The number of hydrogen-bond donors (Lipinski definition) is 1. The van der Waals surface area contributed by atoms with E-state index in [0.717, 1.165) is 5.56 Å². The number of alkyl halides is 1. The molecule has 0 fully saturated rings. The van der Waals surface area contributed by atoms with E-state index in [9.17, 15) is 4.79 Å². The van der Waals surface area contributed by atoms with Crippen molar-refractivity contribution in [2.24, 2.45) is 0 Å². The number of carboxylic acid groups (broad SMARTS) is 1. The van der Waals surface area contributed by atoms with Crippen LogP contribution in [-0.4, -0.2) is 11.1 Å². The van der Waals surface area contributed by atoms with Gasteiger partial charge in [-0.05, 0) is 12.5 Å². The van der Waals surface area contributed by atoms with Gasteiger partial charge in [-0.25, -0.2) is 0 Å². The topological polar surface area (TPSA) is 37.3 Å². The van der Waals surface area contributed by atoms with E-state index in [1.54, 1.807) is 18.2 Å². The van der Waals surface area contributed by atoms with Crippen LogP contribution in [-0.2, 0) is 4.79 Å². The lowest BCUT2D eigenvalue weighted by Crippen LogP contribution is -2.04. The molecule has 0 aliphatic rings. The molecule has 1 aromatic rings. The molecule has 0 saturated heterocycles. The summed E-state index contributed by atoms with van der Waals surface area (Å²) in [5, 5.41) is 7.65. The van der Waals surface area contributed by atoms with Gasteiger partial charge in [0.1, 0.15) is 0 Å². The van der Waals surface area contributed by atoms with Gasteiger partial charge in [-0.3, -0.25) is 4.79 Å². The van der Waals surface area contributed by atoms with Crippen LogP contribution in [0.25, 0.3) is 0 Å². The van der Waals surface area contributed by atoms with Crippen molar-refractivity contribution in [2.45, 2.75) is 12.3 Å². The monoisotopic (exact) mass is 184 g/mol. The molecule has 12 heavy (non-hydrogen) atoms. The van der Waals surface area contributed by atoms with Crippen molar-refractivity contribution in [1.29, 1.82) is 0 Å². The van der Waals surface area contributed by atoms with Gasteiger partial charge in [0.2, 0.25) is 0 Å². The smallest absolute Gasteiger partial charge is 0.326 e. The maximum absolute atomic E-state index is 10.5. The first-order chi connectivity index (χ1) is 5.61. The summed E-state index contributed by atoms with van der Waals surface area (Å²) < 4.78 is 0. The summed E-state index contributed by atoms with van der Waals surface area (Å²) in [4.78, 5) is 10.5. The van der Waals surface area contributed by atoms with E-state index in [1.165, 1.54) is 0 Å². The molecule has 64 valence electrons. The minimum Gasteiger partial charge on any atom is -0.480 e. The molecular formula is C9H9ClO2. The SMILES string of the molecule is Cc1cccc(C(Cl)C(=O)O)c1. The molecule has 0 aliphatic carbocycles. The number of hydrogen-bond acceptors (Lipinski definition) is 1. The van der Waals surface area contributed by atoms with Crippen LogP contribution in [0.3, 0.4) is 0 Å². The molecule has 0 bridgehead atoms. The highest BCUT2D eigenvalue weighted by Gasteiger charge is 2.15. The fourth-order valence-electron chi connectivity index (χ4n) is 0.970. The van der Waals surface area contributed by atoms with Crippen LogP contribution in [0.1, 0.15) is 16.5 Å². The summed E-state index contributed by atoms with van der Waals surface area (Å²) in [6.07, 6.45) is 0. The van der Waals surface area contributed by atoms with Crippen LogP contribution >= 0.6 is 11.6 Å². The average molecular weight is 185 g/mol. The number of rotatable bonds is 2. The number of carbonyl (C=O) groups is 1. The molecule has 1 aromatic carbocycles. The first kappa shape index (κ1) is 9.07. The third-order valence-electron chi connectivity index (χ3n) is 1.55. The fraction of sp³-hybridized carbons (Fsp3) is 0.222. The summed E-state index contributed by atoms with van der Waals surface area (Å²) in [6, 6.07) is 7.17. The van der Waals surface area contributed by atoms with Gasteiger partial charge in [-0.1, -0.05) is 29.8 Å². The van der Waals surface area contributed by atoms with Crippen LogP contribution in [0, 0.1) is 6.92 Å². The Bertz CT molecular complexity index is 296. The molecule has 0 aromatic heterocycles. The van der Waals surface area contributed by atoms with Crippen molar-refractivity contribution in [3.8, 4) is 0 Å². The van der Waals surface area contributed by atoms with E-state index in [0.29, 0.717) is 5.56 Å². The van der Waals surface area contributed by atoms with Gasteiger partial charge in [0.25, 0.3) is 0 Å². The Morgan fingerprint density at radius 2 is 2.25 bits per heavy atom. The molecule has 1 unspecified atom stereocenters. The number of halogens is 1. The van der Waals surface area contributed by atoms with Gasteiger partial charge in [0.05, 0.1) is 0 Å². The molecule has 0 aliphatic heterocycles. The van der Waals surface area contributed by atoms with Crippen LogP contribution in [0.15, 0.2) is 24.3 Å². The highest BCUT2D eigenvalue weighted by Crippen LogP contribution is 2.20. The van der Waals surface area contributed by atoms with Crippen molar-refractivity contribution in [2.75, 3.05) is 0 Å². The Morgan fingerprint density at radius 3 is 2.75 bits per heavy atom. The number of aryl methyl sites for hydroxylation is 1. The first-order valence-electron chi connectivity index (χ1n) is 3.54. The van der Waals surface area contributed by atoms with Gasteiger partial charge in [-0.2, -0.15) is 0 Å². The third-order valence-corrected chi connectivity index (χ3v) is 1.99. The summed E-state index contributed by atoms with van der Waals surface area (Å²) in [5.74, 6) is -1.01. The molecule has 0 saturated carbocycles. The zero-order valence-electron chi connectivity index (χ0n) is 6.62. The van der Waals surface area contributed by atoms with E-state index in [4.69, 9.17) is 16.7 Å². The van der Waals surface area contributed by atoms with Gasteiger partial charge in [0.15, 0.2) is 5.38 Å². The molecule has 1 N–H and O–H groups in total. The lowest BCUT2D eigenvalue weighted by atomic mass is 10.1. The summed E-state index contributed by atoms with van der Waals surface area (Å²) in [6.45, 7) is 1.90. The van der Waals surface area contributed by atoms with Crippen molar-refractivity contribution in [1.82, 2.24) is 0 Å². The Labute approximate surface area is 75.8 Å². The maximum atomic E-state index is 10.5. The van der Waals surface area contributed by atoms with Crippen molar-refractivity contribution in [3.63, 3.8) is 0 Å². The van der Waals surface area contributed by atoms with Crippen LogP contribution in [0.2, 0.25) is 0 Å². The van der Waals surface area contributed by atoms with Crippen LogP contribution in [0.4, 0.5) is 0 Å². The number of aliphatic carboxylic acids is 1. The maximum Gasteiger partial charge on any atom is 0.326 e. The second kappa shape index (κ2) is 3.59. The molecule has 0 heterocycles. The molecule has 0 amide bonds. The van der Waals surface area contributed by atoms with Crippen molar-refractivity contribution >= 4 is 17.6 Å². The third kappa shape index (κ3) is 1.98.